The molecule has 0 aromatic heterocycles. The number of carbonyl (C=O) groups is 2. The summed E-state index contributed by atoms with van der Waals surface area (Å²) in [7, 11) is 0. The first-order valence-corrected chi connectivity index (χ1v) is 6.56. The van der Waals surface area contributed by atoms with E-state index in [1.807, 2.05) is 0 Å². The van der Waals surface area contributed by atoms with Crippen LogP contribution in [0.15, 0.2) is 30.3 Å². The molecule has 114 valence electrons. The van der Waals surface area contributed by atoms with Gasteiger partial charge in [0.25, 0.3) is 0 Å². The number of hydrogen-bond donors (Lipinski definition) is 1. The zero-order valence-electron chi connectivity index (χ0n) is 12.6. The summed E-state index contributed by atoms with van der Waals surface area (Å²) in [6.07, 6.45) is 3.08. The maximum Gasteiger partial charge on any atom is 0.408 e. The molecule has 0 fully saturated rings. The third-order valence-corrected chi connectivity index (χ3v) is 2.51. The van der Waals surface area contributed by atoms with Gasteiger partial charge in [0.15, 0.2) is 0 Å². The van der Waals surface area contributed by atoms with E-state index in [-0.39, 0.29) is 5.82 Å². The predicted molar refractivity (Wildman–Crippen MR) is 79.3 cm³/mol. The van der Waals surface area contributed by atoms with Crippen molar-refractivity contribution in [1.82, 2.24) is 5.32 Å². The Morgan fingerprint density at radius 1 is 1.19 bits per heavy atom. The van der Waals surface area contributed by atoms with Gasteiger partial charge in [-0.2, -0.15) is 0 Å². The molecule has 1 rings (SSSR count). The molecule has 5 heteroatoms. The summed E-state index contributed by atoms with van der Waals surface area (Å²) in [5.74, 6) is -0.336. The molecule has 0 aliphatic rings. The summed E-state index contributed by atoms with van der Waals surface area (Å²) in [5, 5.41) is 2.49. The average molecular weight is 293 g/mol. The number of ether oxygens (including phenoxy) is 1. The fourth-order valence-electron chi connectivity index (χ4n) is 1.48. The monoisotopic (exact) mass is 293 g/mol. The first kappa shape index (κ1) is 16.9. The molecule has 0 bridgehead atoms. The molecule has 4 nitrogen and oxygen atoms in total. The molecule has 0 radical (unpaired) electrons. The van der Waals surface area contributed by atoms with Gasteiger partial charge in [0.2, 0.25) is 0 Å². The third kappa shape index (κ3) is 6.21. The molecule has 0 aliphatic carbocycles. The third-order valence-electron chi connectivity index (χ3n) is 2.51. The fourth-order valence-corrected chi connectivity index (χ4v) is 1.48. The van der Waals surface area contributed by atoms with Crippen LogP contribution in [0.1, 0.15) is 33.3 Å². The van der Waals surface area contributed by atoms with Crippen LogP contribution in [0, 0.1) is 5.82 Å². The van der Waals surface area contributed by atoms with Crippen molar-refractivity contribution in [3.8, 4) is 0 Å². The van der Waals surface area contributed by atoms with E-state index in [0.717, 1.165) is 5.56 Å². The number of hydrogen-bond acceptors (Lipinski definition) is 3. The lowest BCUT2D eigenvalue weighted by Gasteiger charge is -2.25. The molecule has 1 aromatic rings. The molecular weight excluding hydrogens is 273 g/mol. The molecule has 1 amide bonds. The van der Waals surface area contributed by atoms with E-state index in [1.54, 1.807) is 45.9 Å². The van der Waals surface area contributed by atoms with Gasteiger partial charge in [0.1, 0.15) is 23.2 Å². The maximum atomic E-state index is 12.8. The van der Waals surface area contributed by atoms with Crippen molar-refractivity contribution >= 4 is 18.5 Å². The second kappa shape index (κ2) is 6.52. The van der Waals surface area contributed by atoms with E-state index in [9.17, 15) is 14.0 Å². The van der Waals surface area contributed by atoms with Crippen LogP contribution in [0.4, 0.5) is 9.18 Å². The maximum absolute atomic E-state index is 12.8. The highest BCUT2D eigenvalue weighted by molar-refractivity contribution is 5.79. The van der Waals surface area contributed by atoms with Gasteiger partial charge in [0.05, 0.1) is 0 Å². The van der Waals surface area contributed by atoms with Crippen molar-refractivity contribution in [3.05, 3.63) is 41.7 Å². The van der Waals surface area contributed by atoms with Crippen molar-refractivity contribution < 1.29 is 18.7 Å². The minimum Gasteiger partial charge on any atom is -0.444 e. The quantitative estimate of drug-likeness (QED) is 0.866. The molecule has 0 saturated carbocycles. The van der Waals surface area contributed by atoms with Gasteiger partial charge in [-0.15, -0.1) is 0 Å². The first-order chi connectivity index (χ1) is 9.63. The van der Waals surface area contributed by atoms with E-state index in [0.29, 0.717) is 6.29 Å². The highest BCUT2D eigenvalue weighted by Gasteiger charge is 2.25. The van der Waals surface area contributed by atoms with Crippen LogP contribution in [0.25, 0.3) is 6.08 Å². The zero-order chi connectivity index (χ0) is 16.1. The van der Waals surface area contributed by atoms with E-state index in [2.05, 4.69) is 5.32 Å². The Bertz CT molecular complexity index is 531. The lowest BCUT2D eigenvalue weighted by molar-refractivity contribution is -0.111. The number of alkyl carbamates (subject to hydrolysis) is 1. The van der Waals surface area contributed by atoms with E-state index in [1.165, 1.54) is 18.2 Å². The van der Waals surface area contributed by atoms with Gasteiger partial charge in [-0.3, -0.25) is 0 Å². The number of nitrogens with one attached hydrogen (secondary N) is 1. The first-order valence-electron chi connectivity index (χ1n) is 6.56. The number of carbonyl (C=O) groups excluding carboxylic acids is 2. The standard InChI is InChI=1S/C16H20FNO3/c1-15(2,3)21-14(20)18-16(4,11-19)10-9-12-5-7-13(17)8-6-12/h5-11H,1-4H3,(H,18,20)/b10-9+. The van der Waals surface area contributed by atoms with Crippen molar-refractivity contribution in [2.45, 2.75) is 38.8 Å². The van der Waals surface area contributed by atoms with Crippen LogP contribution in [0.5, 0.6) is 0 Å². The van der Waals surface area contributed by atoms with Crippen LogP contribution >= 0.6 is 0 Å². The predicted octanol–water partition coefficient (Wildman–Crippen LogP) is 3.32. The Hall–Kier alpha value is -2.17. The van der Waals surface area contributed by atoms with Gasteiger partial charge >= 0.3 is 6.09 Å². The molecule has 1 N–H and O–H groups in total. The Labute approximate surface area is 124 Å². The number of benzene rings is 1. The Morgan fingerprint density at radius 3 is 2.24 bits per heavy atom. The molecule has 1 atom stereocenters. The second-order valence-corrected chi connectivity index (χ2v) is 5.91. The second-order valence-electron chi connectivity index (χ2n) is 5.91. The molecule has 21 heavy (non-hydrogen) atoms. The molecule has 1 aromatic carbocycles. The molecule has 0 aliphatic heterocycles. The number of halogens is 1. The molecule has 0 heterocycles. The summed E-state index contributed by atoms with van der Waals surface area (Å²) < 4.78 is 17.9. The van der Waals surface area contributed by atoms with Crippen molar-refractivity contribution in [3.63, 3.8) is 0 Å². The Morgan fingerprint density at radius 2 is 1.76 bits per heavy atom. The number of aldehydes is 1. The smallest absolute Gasteiger partial charge is 0.408 e. The van der Waals surface area contributed by atoms with Crippen LogP contribution in [0.2, 0.25) is 0 Å². The fraction of sp³-hybridized carbons (Fsp3) is 0.375. The minimum atomic E-state index is -1.20. The van der Waals surface area contributed by atoms with Crippen molar-refractivity contribution in [2.75, 3.05) is 0 Å². The van der Waals surface area contributed by atoms with Crippen molar-refractivity contribution in [2.24, 2.45) is 0 Å². The summed E-state index contributed by atoms with van der Waals surface area (Å²) in [4.78, 5) is 22.9. The zero-order valence-corrected chi connectivity index (χ0v) is 12.6. The number of rotatable bonds is 4. The molecule has 0 spiro atoms. The summed E-state index contributed by atoms with van der Waals surface area (Å²) >= 11 is 0. The SMILES string of the molecule is CC(C=O)(/C=C/c1ccc(F)cc1)NC(=O)OC(C)(C)C. The van der Waals surface area contributed by atoms with Gasteiger partial charge in [-0.1, -0.05) is 24.3 Å². The highest BCUT2D eigenvalue weighted by Crippen LogP contribution is 2.12. The highest BCUT2D eigenvalue weighted by atomic mass is 19.1. The molecule has 1 unspecified atom stereocenters. The van der Waals surface area contributed by atoms with Gasteiger partial charge in [-0.05, 0) is 45.4 Å². The average Bonchev–Trinajstić information content (AvgIpc) is 2.36. The van der Waals surface area contributed by atoms with Gasteiger partial charge < -0.3 is 14.8 Å². The van der Waals surface area contributed by atoms with E-state index < -0.39 is 17.2 Å². The Kier molecular flexibility index (Phi) is 5.24. The van der Waals surface area contributed by atoms with E-state index in [4.69, 9.17) is 4.74 Å². The van der Waals surface area contributed by atoms with Gasteiger partial charge in [0, 0.05) is 0 Å². The van der Waals surface area contributed by atoms with Crippen LogP contribution in [-0.4, -0.2) is 23.5 Å². The van der Waals surface area contributed by atoms with Crippen LogP contribution < -0.4 is 5.32 Å². The summed E-state index contributed by atoms with van der Waals surface area (Å²) in [6, 6.07) is 5.79. The van der Waals surface area contributed by atoms with Gasteiger partial charge in [-0.25, -0.2) is 9.18 Å². The number of amides is 1. The van der Waals surface area contributed by atoms with Crippen LogP contribution in [0.3, 0.4) is 0 Å². The molecule has 0 saturated heterocycles. The lowest BCUT2D eigenvalue weighted by atomic mass is 10.0. The lowest BCUT2D eigenvalue weighted by Crippen LogP contribution is -2.47. The minimum absolute atomic E-state index is 0.336. The summed E-state index contributed by atoms with van der Waals surface area (Å²) in [6.45, 7) is 6.75. The Balaban J connectivity index is 2.77. The van der Waals surface area contributed by atoms with Crippen molar-refractivity contribution in [1.29, 1.82) is 0 Å². The van der Waals surface area contributed by atoms with E-state index >= 15 is 0 Å². The topological polar surface area (TPSA) is 55.4 Å². The largest absolute Gasteiger partial charge is 0.444 e. The summed E-state index contributed by atoms with van der Waals surface area (Å²) in [5.41, 5.74) is -1.12. The molecular formula is C16H20FNO3. The van der Waals surface area contributed by atoms with Crippen LogP contribution in [-0.2, 0) is 9.53 Å². The normalized spacial score (nSPS) is 14.5.